The average molecular weight is 881 g/mol. The lowest BCUT2D eigenvalue weighted by Gasteiger charge is -2.26. The summed E-state index contributed by atoms with van der Waals surface area (Å²) in [6, 6.07) is 71.2. The van der Waals surface area contributed by atoms with E-state index in [0.29, 0.717) is 0 Å². The summed E-state index contributed by atoms with van der Waals surface area (Å²) in [5.41, 5.74) is 17.4. The predicted octanol–water partition coefficient (Wildman–Crippen LogP) is 18.6. The second kappa shape index (κ2) is 17.0. The smallest absolute Gasteiger partial charge is 0.147 e. The highest BCUT2D eigenvalue weighted by Crippen LogP contribution is 2.47. The van der Waals surface area contributed by atoms with Crippen LogP contribution in [0.1, 0.15) is 49.9 Å². The molecule has 4 heteroatoms. The summed E-state index contributed by atoms with van der Waals surface area (Å²) in [5.74, 6) is 0. The molecule has 0 radical (unpaired) electrons. The Morgan fingerprint density at radius 1 is 0.309 bits per heavy atom. The lowest BCUT2D eigenvalue weighted by atomic mass is 9.97. The Bertz CT molecular complexity index is 3480. The Morgan fingerprint density at radius 2 is 0.662 bits per heavy atom. The van der Waals surface area contributed by atoms with E-state index in [1.165, 1.54) is 22.3 Å². The zero-order valence-electron chi connectivity index (χ0n) is 39.0. The molecule has 10 aromatic carbocycles. The van der Waals surface area contributed by atoms with Crippen LogP contribution >= 0.6 is 0 Å². The number of rotatable bonds is 11. The van der Waals surface area contributed by atoms with Gasteiger partial charge in [-0.2, -0.15) is 0 Å². The van der Waals surface area contributed by atoms with Crippen LogP contribution in [0.2, 0.25) is 0 Å². The Labute approximate surface area is 397 Å². The molecule has 0 bridgehead atoms. The van der Waals surface area contributed by atoms with Crippen LogP contribution in [0.15, 0.2) is 203 Å². The van der Waals surface area contributed by atoms with Gasteiger partial charge in [0.05, 0.1) is 5.56 Å². The molecule has 0 N–H and O–H groups in total. The molecule has 0 fully saturated rings. The second-order valence-electron chi connectivity index (χ2n) is 18.1. The van der Waals surface area contributed by atoms with E-state index in [1.807, 2.05) is 0 Å². The highest BCUT2D eigenvalue weighted by Gasteiger charge is 2.23. The van der Waals surface area contributed by atoms with E-state index in [4.69, 9.17) is 8.83 Å². The fourth-order valence-corrected chi connectivity index (χ4v) is 10.2. The summed E-state index contributed by atoms with van der Waals surface area (Å²) in [5, 5.41) is 8.86. The average Bonchev–Trinajstić information content (AvgIpc) is 3.93. The third-order valence-electron chi connectivity index (χ3n) is 14.1. The van der Waals surface area contributed by atoms with Gasteiger partial charge in [-0.05, 0) is 178 Å². The van der Waals surface area contributed by atoms with E-state index in [2.05, 4.69) is 232 Å². The lowest BCUT2D eigenvalue weighted by molar-refractivity contribution is 0.658. The van der Waals surface area contributed by atoms with Gasteiger partial charge in [0.2, 0.25) is 0 Å². The van der Waals surface area contributed by atoms with Crippen LogP contribution in [0.5, 0.6) is 0 Å². The molecule has 0 saturated heterocycles. The van der Waals surface area contributed by atoms with Crippen molar-refractivity contribution in [3.05, 3.63) is 216 Å². The number of nitrogens with zero attached hydrogens (tertiary/aromatic N) is 2. The number of benzene rings is 10. The van der Waals surface area contributed by atoms with Gasteiger partial charge >= 0.3 is 0 Å². The fraction of sp³-hybridized carbons (Fsp3) is 0.125. The Balaban J connectivity index is 1.01. The first kappa shape index (κ1) is 41.4. The Hall–Kier alpha value is -8.08. The molecule has 330 valence electrons. The van der Waals surface area contributed by atoms with Crippen molar-refractivity contribution in [1.29, 1.82) is 0 Å². The van der Waals surface area contributed by atoms with Crippen LogP contribution in [0, 0.1) is 0 Å². The molecule has 0 spiro atoms. The minimum atomic E-state index is 0.826. The minimum absolute atomic E-state index is 0.826. The second-order valence-corrected chi connectivity index (χ2v) is 18.1. The molecule has 68 heavy (non-hydrogen) atoms. The molecule has 0 saturated carbocycles. The van der Waals surface area contributed by atoms with Crippen molar-refractivity contribution in [2.24, 2.45) is 0 Å². The first-order valence-electron chi connectivity index (χ1n) is 24.2. The summed E-state index contributed by atoms with van der Waals surface area (Å²) in [4.78, 5) is 4.70. The van der Waals surface area contributed by atoms with Gasteiger partial charge in [0.15, 0.2) is 0 Å². The van der Waals surface area contributed by atoms with E-state index in [-0.39, 0.29) is 0 Å². The van der Waals surface area contributed by atoms with Crippen molar-refractivity contribution in [2.45, 2.75) is 53.4 Å². The van der Waals surface area contributed by atoms with Crippen LogP contribution in [-0.4, -0.2) is 0 Å². The molecule has 4 nitrogen and oxygen atoms in total. The minimum Gasteiger partial charge on any atom is -0.455 e. The highest BCUT2D eigenvalue weighted by molar-refractivity contribution is 6.24. The van der Waals surface area contributed by atoms with Crippen molar-refractivity contribution in [3.63, 3.8) is 0 Å². The molecule has 0 aliphatic heterocycles. The largest absolute Gasteiger partial charge is 0.455 e. The summed E-state index contributed by atoms with van der Waals surface area (Å²) in [6.07, 6.45) is 4.02. The number of hydrogen-bond donors (Lipinski definition) is 0. The third kappa shape index (κ3) is 7.16. The van der Waals surface area contributed by atoms with Crippen molar-refractivity contribution in [3.8, 4) is 11.1 Å². The first-order chi connectivity index (χ1) is 33.5. The van der Waals surface area contributed by atoms with Crippen LogP contribution in [0.25, 0.3) is 76.5 Å². The molecule has 0 unspecified atom stereocenters. The molecule has 2 aromatic heterocycles. The molecule has 2 heterocycles. The van der Waals surface area contributed by atoms with E-state index >= 15 is 0 Å². The van der Waals surface area contributed by atoms with Gasteiger partial charge < -0.3 is 18.6 Å². The topological polar surface area (TPSA) is 32.8 Å². The van der Waals surface area contributed by atoms with Gasteiger partial charge in [0.1, 0.15) is 22.3 Å². The SMILES string of the molecule is CCc1ccc(N(c2ccc(CC)cc2)c2ccc3cc4c(cc3c2)oc2c(-c3ccccc3)c3oc5cc6cc(N(c7ccc(CC)cc7)c7ccc(CC)cc7)ccc6cc5c3cc24)cc1. The van der Waals surface area contributed by atoms with Gasteiger partial charge in [0, 0.05) is 55.7 Å². The number of anilines is 6. The molecule has 12 rings (SSSR count). The summed E-state index contributed by atoms with van der Waals surface area (Å²) >= 11 is 0. The highest BCUT2D eigenvalue weighted by atomic mass is 16.3. The van der Waals surface area contributed by atoms with E-state index in [0.717, 1.165) is 136 Å². The number of fused-ring (bicyclic) bond motifs is 8. The standard InChI is InChI=1S/C64H52N2O2/c1-5-41-14-24-50(25-15-41)65(51-26-16-42(6-2)17-27-51)54-32-22-46-36-56-58-40-59-57-37-47-23-33-55(66(52-28-18-43(7-3)19-29-52)53-30-20-44(8-4)21-31-53)35-49(47)39-61(57)68-64(59)62(45-12-10-9-11-13-45)63(58)67-60(56)38-48(46)34-54/h9-40H,5-8H2,1-4H3. The summed E-state index contributed by atoms with van der Waals surface area (Å²) in [6.45, 7) is 8.80. The van der Waals surface area contributed by atoms with Crippen molar-refractivity contribution in [2.75, 3.05) is 9.80 Å². The molecule has 12 aromatic rings. The molecule has 0 amide bonds. The fourth-order valence-electron chi connectivity index (χ4n) is 10.2. The van der Waals surface area contributed by atoms with Crippen LogP contribution in [0.3, 0.4) is 0 Å². The van der Waals surface area contributed by atoms with Crippen molar-refractivity contribution in [1.82, 2.24) is 0 Å². The van der Waals surface area contributed by atoms with Crippen LogP contribution in [-0.2, 0) is 25.7 Å². The molecule has 0 aliphatic carbocycles. The van der Waals surface area contributed by atoms with Gasteiger partial charge in [0.25, 0.3) is 0 Å². The molecule has 0 atom stereocenters. The van der Waals surface area contributed by atoms with Crippen LogP contribution in [0.4, 0.5) is 34.1 Å². The van der Waals surface area contributed by atoms with Gasteiger partial charge in [-0.25, -0.2) is 0 Å². The number of aryl methyl sites for hydroxylation is 4. The normalized spacial score (nSPS) is 11.8. The molecule has 0 aliphatic rings. The van der Waals surface area contributed by atoms with E-state index in [9.17, 15) is 0 Å². The van der Waals surface area contributed by atoms with Gasteiger partial charge in [-0.3, -0.25) is 0 Å². The lowest BCUT2D eigenvalue weighted by Crippen LogP contribution is -2.10. The quantitative estimate of drug-likeness (QED) is 0.130. The van der Waals surface area contributed by atoms with Gasteiger partial charge in [-0.1, -0.05) is 119 Å². The zero-order valence-corrected chi connectivity index (χ0v) is 39.0. The van der Waals surface area contributed by atoms with Crippen LogP contribution < -0.4 is 9.80 Å². The Kier molecular flexibility index (Phi) is 10.3. The molecular formula is C64H52N2O2. The monoisotopic (exact) mass is 880 g/mol. The number of furan rings is 2. The maximum absolute atomic E-state index is 7.02. The third-order valence-corrected chi connectivity index (χ3v) is 14.1. The predicted molar refractivity (Wildman–Crippen MR) is 288 cm³/mol. The van der Waals surface area contributed by atoms with Gasteiger partial charge in [-0.15, -0.1) is 0 Å². The Morgan fingerprint density at radius 3 is 1.01 bits per heavy atom. The van der Waals surface area contributed by atoms with Crippen molar-refractivity contribution >= 4 is 99.5 Å². The van der Waals surface area contributed by atoms with E-state index in [1.54, 1.807) is 0 Å². The first-order valence-corrected chi connectivity index (χ1v) is 24.2. The number of hydrogen-bond acceptors (Lipinski definition) is 4. The maximum Gasteiger partial charge on any atom is 0.147 e. The van der Waals surface area contributed by atoms with Crippen molar-refractivity contribution < 1.29 is 8.83 Å². The summed E-state index contributed by atoms with van der Waals surface area (Å²) < 4.78 is 14.0. The van der Waals surface area contributed by atoms with E-state index < -0.39 is 0 Å². The molecular weight excluding hydrogens is 829 g/mol. The maximum atomic E-state index is 7.02. The summed E-state index contributed by atoms with van der Waals surface area (Å²) in [7, 11) is 0. The zero-order chi connectivity index (χ0) is 45.9.